The molecule has 1 aliphatic rings. The van der Waals surface area contributed by atoms with Gasteiger partial charge in [-0.2, -0.15) is 0 Å². The molecule has 1 atom stereocenters. The quantitative estimate of drug-likeness (QED) is 0.786. The smallest absolute Gasteiger partial charge is 0.128 e. The minimum Gasteiger partial charge on any atom is -0.491 e. The normalized spacial score (nSPS) is 16.6. The lowest BCUT2D eigenvalue weighted by atomic mass is 10.0. The number of hydrogen-bond acceptors (Lipinski definition) is 5. The van der Waals surface area contributed by atoms with Crippen molar-refractivity contribution in [1.29, 1.82) is 0 Å². The molecule has 1 saturated heterocycles. The third-order valence-electron chi connectivity index (χ3n) is 4.85. The lowest BCUT2D eigenvalue weighted by Gasteiger charge is -2.36. The first-order valence-electron chi connectivity index (χ1n) is 9.51. The minimum absolute atomic E-state index is 0.308. The van der Waals surface area contributed by atoms with Crippen LogP contribution in [0.4, 0.5) is 5.82 Å². The fraction of sp³-hybridized carbons (Fsp3) is 0.476. The molecule has 1 aromatic heterocycles. The van der Waals surface area contributed by atoms with E-state index >= 15 is 0 Å². The summed E-state index contributed by atoms with van der Waals surface area (Å²) in [6.45, 7) is 8.78. The van der Waals surface area contributed by atoms with Crippen molar-refractivity contribution in [3.05, 3.63) is 53.2 Å². The lowest BCUT2D eigenvalue weighted by molar-refractivity contribution is 0.0658. The molecule has 0 saturated carbocycles. The summed E-state index contributed by atoms with van der Waals surface area (Å²) in [5, 5.41) is 11.1. The average molecular weight is 390 g/mol. The van der Waals surface area contributed by atoms with Crippen molar-refractivity contribution in [2.75, 3.05) is 44.2 Å². The number of halogens is 1. The van der Waals surface area contributed by atoms with Crippen LogP contribution in [0.1, 0.15) is 25.3 Å². The van der Waals surface area contributed by atoms with E-state index in [0.29, 0.717) is 24.1 Å². The van der Waals surface area contributed by atoms with E-state index in [0.717, 1.165) is 37.7 Å². The number of rotatable bonds is 7. The summed E-state index contributed by atoms with van der Waals surface area (Å²) in [5.41, 5.74) is 1.17. The van der Waals surface area contributed by atoms with E-state index in [2.05, 4.69) is 34.7 Å². The Bertz CT molecular complexity index is 716. The van der Waals surface area contributed by atoms with Gasteiger partial charge in [0.05, 0.1) is 5.02 Å². The Hall–Kier alpha value is -1.82. The molecule has 1 unspecified atom stereocenters. The number of hydrogen-bond donors (Lipinski definition) is 1. The van der Waals surface area contributed by atoms with Crippen LogP contribution in [0.2, 0.25) is 5.02 Å². The minimum atomic E-state index is -0.509. The Balaban J connectivity index is 1.44. The predicted octanol–water partition coefficient (Wildman–Crippen LogP) is 3.42. The number of aliphatic hydroxyl groups is 1. The maximum Gasteiger partial charge on any atom is 0.128 e. The predicted molar refractivity (Wildman–Crippen MR) is 110 cm³/mol. The van der Waals surface area contributed by atoms with Gasteiger partial charge in [0.25, 0.3) is 0 Å². The van der Waals surface area contributed by atoms with Gasteiger partial charge in [0.15, 0.2) is 0 Å². The van der Waals surface area contributed by atoms with Crippen LogP contribution >= 0.6 is 11.6 Å². The monoisotopic (exact) mass is 389 g/mol. The number of nitrogens with zero attached hydrogens (tertiary/aromatic N) is 3. The third kappa shape index (κ3) is 5.58. The number of anilines is 1. The molecule has 1 aliphatic heterocycles. The van der Waals surface area contributed by atoms with Crippen molar-refractivity contribution in [3.63, 3.8) is 0 Å². The number of β-amino-alcohol motifs (C(OH)–C–C–N with tert-alkyl or cyclic N) is 1. The molecular formula is C21H28ClN3O2. The first-order valence-corrected chi connectivity index (χ1v) is 9.89. The molecule has 0 radical (unpaired) electrons. The van der Waals surface area contributed by atoms with Gasteiger partial charge in [-0.1, -0.05) is 43.6 Å². The van der Waals surface area contributed by atoms with Gasteiger partial charge in [0, 0.05) is 38.9 Å². The van der Waals surface area contributed by atoms with Gasteiger partial charge in [0.1, 0.15) is 24.3 Å². The maximum absolute atomic E-state index is 10.4. The molecule has 6 heteroatoms. The zero-order valence-electron chi connectivity index (χ0n) is 16.0. The fourth-order valence-corrected chi connectivity index (χ4v) is 3.45. The molecule has 5 nitrogen and oxygen atoms in total. The summed E-state index contributed by atoms with van der Waals surface area (Å²) in [6.07, 6.45) is 1.17. The molecule has 146 valence electrons. The molecule has 0 bridgehead atoms. The second-order valence-electron chi connectivity index (χ2n) is 7.28. The highest BCUT2D eigenvalue weighted by Crippen LogP contribution is 2.26. The molecule has 1 N–H and O–H groups in total. The molecule has 1 fully saturated rings. The maximum atomic E-state index is 10.4. The van der Waals surface area contributed by atoms with Gasteiger partial charge in [-0.05, 0) is 29.7 Å². The van der Waals surface area contributed by atoms with Crippen molar-refractivity contribution in [2.24, 2.45) is 0 Å². The number of piperazine rings is 1. The molecule has 2 heterocycles. The molecule has 0 aliphatic carbocycles. The van der Waals surface area contributed by atoms with Crippen molar-refractivity contribution in [2.45, 2.75) is 25.9 Å². The highest BCUT2D eigenvalue weighted by atomic mass is 35.5. The van der Waals surface area contributed by atoms with Gasteiger partial charge >= 0.3 is 0 Å². The molecule has 1 aromatic carbocycles. The van der Waals surface area contributed by atoms with Crippen LogP contribution in [0.3, 0.4) is 0 Å². The summed E-state index contributed by atoms with van der Waals surface area (Å²) in [7, 11) is 0. The highest BCUT2D eigenvalue weighted by Gasteiger charge is 2.20. The van der Waals surface area contributed by atoms with Crippen molar-refractivity contribution in [1.82, 2.24) is 9.88 Å². The number of ether oxygens (including phenoxy) is 1. The van der Waals surface area contributed by atoms with Crippen LogP contribution in [0.15, 0.2) is 42.6 Å². The third-order valence-corrected chi connectivity index (χ3v) is 5.07. The van der Waals surface area contributed by atoms with E-state index in [4.69, 9.17) is 16.3 Å². The van der Waals surface area contributed by atoms with Crippen molar-refractivity contribution >= 4 is 17.4 Å². The van der Waals surface area contributed by atoms with E-state index in [1.165, 1.54) is 5.56 Å². The number of benzene rings is 1. The van der Waals surface area contributed by atoms with Crippen LogP contribution in [0, 0.1) is 0 Å². The Labute approximate surface area is 166 Å². The zero-order chi connectivity index (χ0) is 19.2. The lowest BCUT2D eigenvalue weighted by Crippen LogP contribution is -2.49. The van der Waals surface area contributed by atoms with Crippen molar-refractivity contribution < 1.29 is 9.84 Å². The Morgan fingerprint density at radius 1 is 1.11 bits per heavy atom. The molecule has 27 heavy (non-hydrogen) atoms. The van der Waals surface area contributed by atoms with E-state index < -0.39 is 6.10 Å². The summed E-state index contributed by atoms with van der Waals surface area (Å²) >= 11 is 5.90. The molecule has 0 amide bonds. The number of aromatic nitrogens is 1. The molecule has 0 spiro atoms. The van der Waals surface area contributed by atoms with Crippen LogP contribution in [0.5, 0.6) is 5.75 Å². The fourth-order valence-electron chi connectivity index (χ4n) is 3.34. The first-order chi connectivity index (χ1) is 13.0. The van der Waals surface area contributed by atoms with Gasteiger partial charge in [-0.25, -0.2) is 4.98 Å². The topological polar surface area (TPSA) is 48.8 Å². The van der Waals surface area contributed by atoms with Crippen LogP contribution < -0.4 is 9.64 Å². The zero-order valence-corrected chi connectivity index (χ0v) is 16.8. The largest absolute Gasteiger partial charge is 0.491 e. The van der Waals surface area contributed by atoms with E-state index in [-0.39, 0.29) is 0 Å². The second-order valence-corrected chi connectivity index (χ2v) is 7.72. The summed E-state index contributed by atoms with van der Waals surface area (Å²) in [6, 6.07) is 11.9. The highest BCUT2D eigenvalue weighted by molar-refractivity contribution is 6.30. The summed E-state index contributed by atoms with van der Waals surface area (Å²) in [4.78, 5) is 8.90. The van der Waals surface area contributed by atoms with E-state index in [1.807, 2.05) is 30.3 Å². The van der Waals surface area contributed by atoms with Gasteiger partial charge in [-0.15, -0.1) is 0 Å². The van der Waals surface area contributed by atoms with Gasteiger partial charge in [0.2, 0.25) is 0 Å². The summed E-state index contributed by atoms with van der Waals surface area (Å²) < 4.78 is 5.89. The molecule has 2 aromatic rings. The summed E-state index contributed by atoms with van der Waals surface area (Å²) in [5.74, 6) is 2.21. The molecule has 3 rings (SSSR count). The van der Waals surface area contributed by atoms with Crippen LogP contribution in [0.25, 0.3) is 0 Å². The van der Waals surface area contributed by atoms with Gasteiger partial charge in [-0.3, -0.25) is 4.90 Å². The number of pyridine rings is 1. The Morgan fingerprint density at radius 2 is 1.85 bits per heavy atom. The van der Waals surface area contributed by atoms with Gasteiger partial charge < -0.3 is 14.7 Å². The van der Waals surface area contributed by atoms with Crippen LogP contribution in [-0.4, -0.2) is 60.4 Å². The Morgan fingerprint density at radius 3 is 2.52 bits per heavy atom. The number of aliphatic hydroxyl groups excluding tert-OH is 1. The van der Waals surface area contributed by atoms with E-state index in [1.54, 1.807) is 6.20 Å². The standard InChI is InChI=1S/C21H28ClN3O2/c1-16(2)19-5-3-4-6-20(19)27-15-18(26)14-24-9-11-25(12-10-24)21-8-7-17(22)13-23-21/h3-8,13,16,18,26H,9-12,14-15H2,1-2H3. The molecular weight excluding hydrogens is 362 g/mol. The average Bonchev–Trinajstić information content (AvgIpc) is 2.68. The van der Waals surface area contributed by atoms with Crippen molar-refractivity contribution in [3.8, 4) is 5.75 Å². The Kier molecular flexibility index (Phi) is 6.94. The second kappa shape index (κ2) is 9.40. The SMILES string of the molecule is CC(C)c1ccccc1OCC(O)CN1CCN(c2ccc(Cl)cn2)CC1. The van der Waals surface area contributed by atoms with E-state index in [9.17, 15) is 5.11 Å². The number of para-hydroxylation sites is 1. The first kappa shape index (κ1) is 19.9. The van der Waals surface area contributed by atoms with Crippen LogP contribution in [-0.2, 0) is 0 Å².